The summed E-state index contributed by atoms with van der Waals surface area (Å²) in [5, 5.41) is 13.7. The third kappa shape index (κ3) is 3.42. The molecule has 4 nitrogen and oxygen atoms in total. The molecule has 2 heterocycles. The van der Waals surface area contributed by atoms with Gasteiger partial charge in [-0.25, -0.2) is 0 Å². The molecule has 1 radical (unpaired) electrons. The maximum absolute atomic E-state index is 9.02. The van der Waals surface area contributed by atoms with Crippen LogP contribution < -0.4 is 9.55 Å². The van der Waals surface area contributed by atoms with Crippen LogP contribution in [0.2, 0.25) is 0 Å². The van der Waals surface area contributed by atoms with Crippen molar-refractivity contribution in [3.05, 3.63) is 109 Å². The number of rotatable bonds is 5. The largest absolute Gasteiger partial charge is 0.569 e. The second-order valence-corrected chi connectivity index (χ2v) is 9.69. The van der Waals surface area contributed by atoms with Gasteiger partial charge in [0.15, 0.2) is 0 Å². The van der Waals surface area contributed by atoms with Crippen LogP contribution in [-0.2, 0) is 0 Å². The fourth-order valence-corrected chi connectivity index (χ4v) is 6.03. The summed E-state index contributed by atoms with van der Waals surface area (Å²) in [5.41, 5.74) is 4.81. The van der Waals surface area contributed by atoms with Crippen LogP contribution in [0.15, 0.2) is 114 Å². The van der Waals surface area contributed by atoms with Crippen molar-refractivity contribution in [3.63, 3.8) is 0 Å². The van der Waals surface area contributed by atoms with Crippen LogP contribution in [0.5, 0.6) is 5.75 Å². The van der Waals surface area contributed by atoms with E-state index in [4.69, 9.17) is 14.1 Å². The Morgan fingerprint density at radius 3 is 2.14 bits per heavy atom. The molecule has 6 heteroatoms. The summed E-state index contributed by atoms with van der Waals surface area (Å²) in [6.45, 7) is 0. The number of hydrogen-bond acceptors (Lipinski definition) is 5. The Bertz CT molecular complexity index is 1870. The van der Waals surface area contributed by atoms with Gasteiger partial charge in [-0.05, 0) is 66.7 Å². The molecule has 0 fully saturated rings. The Kier molecular flexibility index (Phi) is 4.94. The number of anilines is 3. The Morgan fingerprint density at radius 2 is 1.28 bits per heavy atom. The number of para-hydroxylation sites is 1. The van der Waals surface area contributed by atoms with Crippen molar-refractivity contribution in [2.75, 3.05) is 4.90 Å². The van der Waals surface area contributed by atoms with Gasteiger partial charge in [0.25, 0.3) is 0 Å². The van der Waals surface area contributed by atoms with E-state index in [1.54, 1.807) is 11.3 Å². The van der Waals surface area contributed by atoms with Gasteiger partial charge >= 0.3 is 7.69 Å². The first-order valence-electron chi connectivity index (χ1n) is 11.6. The molecule has 0 atom stereocenters. The lowest BCUT2D eigenvalue weighted by Gasteiger charge is -2.26. The molecule has 0 saturated carbocycles. The molecule has 7 aromatic rings. The molecule has 5 aromatic carbocycles. The van der Waals surface area contributed by atoms with Crippen molar-refractivity contribution in [2.45, 2.75) is 0 Å². The molecule has 0 amide bonds. The first-order chi connectivity index (χ1) is 17.8. The third-order valence-electron chi connectivity index (χ3n) is 6.52. The van der Waals surface area contributed by atoms with Crippen molar-refractivity contribution in [3.8, 4) is 5.75 Å². The van der Waals surface area contributed by atoms with E-state index in [0.29, 0.717) is 13.4 Å². The minimum atomic E-state index is 0.567. The fraction of sp³-hybridized carbons (Fsp3) is 0. The summed E-state index contributed by atoms with van der Waals surface area (Å²) in [5.74, 6) is 0.567. The quantitative estimate of drug-likeness (QED) is 0.250. The van der Waals surface area contributed by atoms with E-state index in [2.05, 4.69) is 65.6 Å². The lowest BCUT2D eigenvalue weighted by molar-refractivity contribution is 0.454. The monoisotopic (exact) mass is 484 g/mol. The second-order valence-electron chi connectivity index (χ2n) is 8.61. The molecular weight excluding hydrogens is 465 g/mol. The average Bonchev–Trinajstić information content (AvgIpc) is 3.48. The topological polar surface area (TPSA) is 45.8 Å². The molecule has 0 spiro atoms. The Balaban J connectivity index is 1.43. The lowest BCUT2D eigenvalue weighted by atomic mass is 10.1. The standard InChI is InChI=1S/C30H19BNO3S/c33-31-35-22-13-9-19(10-14-22)32(20-12-16-28-26(17-20)23-5-1-3-7-27(23)34-28)21-11-15-25-24-6-2-4-8-29(24)36-30(25)18-21/h1-18,33H. The van der Waals surface area contributed by atoms with Crippen molar-refractivity contribution in [2.24, 2.45) is 0 Å². The Labute approximate surface area is 211 Å². The van der Waals surface area contributed by atoms with Gasteiger partial charge in [-0.3, -0.25) is 0 Å². The first kappa shape index (κ1) is 21.1. The normalized spacial score (nSPS) is 11.5. The zero-order valence-electron chi connectivity index (χ0n) is 19.1. The molecule has 0 unspecified atom stereocenters. The minimum Gasteiger partial charge on any atom is -0.537 e. The van der Waals surface area contributed by atoms with E-state index in [1.165, 1.54) is 20.2 Å². The zero-order chi connectivity index (χ0) is 24.1. The van der Waals surface area contributed by atoms with Crippen LogP contribution in [0.1, 0.15) is 0 Å². The number of fused-ring (bicyclic) bond motifs is 6. The zero-order valence-corrected chi connectivity index (χ0v) is 19.9. The molecule has 0 aliphatic rings. The number of nitrogens with zero attached hydrogens (tertiary/aromatic N) is 1. The number of thiophene rings is 1. The molecule has 0 saturated heterocycles. The SMILES string of the molecule is O[B]Oc1ccc(N(c2ccc3c(c2)sc2ccccc23)c2ccc3oc4ccccc4c3c2)cc1. The second kappa shape index (κ2) is 8.45. The molecule has 0 aliphatic carbocycles. The van der Waals surface area contributed by atoms with Gasteiger partial charge in [0.2, 0.25) is 0 Å². The highest BCUT2D eigenvalue weighted by molar-refractivity contribution is 7.25. The number of hydrogen-bond donors (Lipinski definition) is 1. The van der Waals surface area contributed by atoms with Crippen LogP contribution in [0, 0.1) is 0 Å². The molecule has 2 aromatic heterocycles. The van der Waals surface area contributed by atoms with E-state index in [1.807, 2.05) is 48.5 Å². The summed E-state index contributed by atoms with van der Waals surface area (Å²) in [6, 6.07) is 37.3. The van der Waals surface area contributed by atoms with E-state index in [-0.39, 0.29) is 0 Å². The minimum absolute atomic E-state index is 0.567. The highest BCUT2D eigenvalue weighted by Crippen LogP contribution is 2.42. The molecule has 0 bridgehead atoms. The summed E-state index contributed by atoms with van der Waals surface area (Å²) in [7, 11) is 0.695. The van der Waals surface area contributed by atoms with Crippen LogP contribution in [0.4, 0.5) is 17.1 Å². The predicted octanol–water partition coefficient (Wildman–Crippen LogP) is 8.33. The van der Waals surface area contributed by atoms with Crippen molar-refractivity contribution >= 4 is 78.2 Å². The number of furan rings is 1. The van der Waals surface area contributed by atoms with Gasteiger partial charge in [0.1, 0.15) is 16.9 Å². The van der Waals surface area contributed by atoms with Gasteiger partial charge in [-0.15, -0.1) is 11.3 Å². The van der Waals surface area contributed by atoms with E-state index in [9.17, 15) is 0 Å². The molecular formula is C30H19BNO3S. The summed E-state index contributed by atoms with van der Waals surface area (Å²) in [6.07, 6.45) is 0. The molecule has 36 heavy (non-hydrogen) atoms. The maximum Gasteiger partial charge on any atom is 0.569 e. The van der Waals surface area contributed by atoms with Gasteiger partial charge in [-0.2, -0.15) is 0 Å². The van der Waals surface area contributed by atoms with E-state index < -0.39 is 0 Å². The van der Waals surface area contributed by atoms with Crippen molar-refractivity contribution < 1.29 is 14.1 Å². The molecule has 7 rings (SSSR count). The fourth-order valence-electron chi connectivity index (χ4n) is 4.89. The lowest BCUT2D eigenvalue weighted by Crippen LogP contribution is -2.10. The molecule has 171 valence electrons. The highest BCUT2D eigenvalue weighted by Gasteiger charge is 2.17. The smallest absolute Gasteiger partial charge is 0.537 e. The Morgan fingerprint density at radius 1 is 0.611 bits per heavy atom. The van der Waals surface area contributed by atoms with Gasteiger partial charge in [-0.1, -0.05) is 42.5 Å². The Hall–Kier alpha value is -4.26. The third-order valence-corrected chi connectivity index (χ3v) is 7.66. The first-order valence-corrected chi connectivity index (χ1v) is 12.5. The van der Waals surface area contributed by atoms with Crippen LogP contribution in [0.3, 0.4) is 0 Å². The number of benzene rings is 5. The van der Waals surface area contributed by atoms with Gasteiger partial charge in [0.05, 0.1) is 0 Å². The van der Waals surface area contributed by atoms with E-state index in [0.717, 1.165) is 39.0 Å². The average molecular weight is 484 g/mol. The summed E-state index contributed by atoms with van der Waals surface area (Å²) < 4.78 is 13.7. The van der Waals surface area contributed by atoms with Crippen molar-refractivity contribution in [1.82, 2.24) is 0 Å². The summed E-state index contributed by atoms with van der Waals surface area (Å²) >= 11 is 1.80. The maximum atomic E-state index is 9.02. The molecule has 0 aliphatic heterocycles. The van der Waals surface area contributed by atoms with Crippen molar-refractivity contribution in [1.29, 1.82) is 0 Å². The van der Waals surface area contributed by atoms with Crippen LogP contribution in [-0.4, -0.2) is 12.7 Å². The summed E-state index contributed by atoms with van der Waals surface area (Å²) in [4.78, 5) is 2.23. The highest BCUT2D eigenvalue weighted by atomic mass is 32.1. The van der Waals surface area contributed by atoms with Gasteiger partial charge < -0.3 is 19.0 Å². The predicted molar refractivity (Wildman–Crippen MR) is 150 cm³/mol. The van der Waals surface area contributed by atoms with Crippen LogP contribution in [0.25, 0.3) is 42.1 Å². The van der Waals surface area contributed by atoms with E-state index >= 15 is 0 Å². The van der Waals surface area contributed by atoms with Crippen LogP contribution >= 0.6 is 11.3 Å². The van der Waals surface area contributed by atoms with Gasteiger partial charge in [0, 0.05) is 48.0 Å². The molecule has 1 N–H and O–H groups in total.